The van der Waals surface area contributed by atoms with E-state index < -0.39 is 5.82 Å². The third-order valence-corrected chi connectivity index (χ3v) is 5.18. The SMILES string of the molecule is CCc1ccc(C2CNCCN2C(=O)CCc2ccc(OC)c(F)c2)cc1. The third kappa shape index (κ3) is 4.66. The minimum atomic E-state index is -0.390. The second-order valence-corrected chi connectivity index (χ2v) is 6.87. The van der Waals surface area contributed by atoms with Gasteiger partial charge in [-0.05, 0) is 41.7 Å². The molecule has 1 aliphatic rings. The van der Waals surface area contributed by atoms with Gasteiger partial charge in [0.2, 0.25) is 5.91 Å². The monoisotopic (exact) mass is 370 g/mol. The summed E-state index contributed by atoms with van der Waals surface area (Å²) in [6.45, 7) is 4.38. The van der Waals surface area contributed by atoms with Crippen molar-refractivity contribution in [1.82, 2.24) is 10.2 Å². The zero-order valence-corrected chi connectivity index (χ0v) is 16.0. The van der Waals surface area contributed by atoms with Crippen molar-refractivity contribution in [3.8, 4) is 5.75 Å². The Morgan fingerprint density at radius 1 is 1.22 bits per heavy atom. The first-order valence-electron chi connectivity index (χ1n) is 9.53. The van der Waals surface area contributed by atoms with Gasteiger partial charge in [0, 0.05) is 26.1 Å². The molecule has 0 radical (unpaired) electrons. The molecule has 0 saturated carbocycles. The van der Waals surface area contributed by atoms with Crippen LogP contribution in [0, 0.1) is 5.82 Å². The number of nitrogens with one attached hydrogen (secondary N) is 1. The molecule has 5 heteroatoms. The highest BCUT2D eigenvalue weighted by atomic mass is 19.1. The van der Waals surface area contributed by atoms with Crippen molar-refractivity contribution in [2.24, 2.45) is 0 Å². The predicted octanol–water partition coefficient (Wildman–Crippen LogP) is 3.50. The van der Waals surface area contributed by atoms with Crippen molar-refractivity contribution in [2.75, 3.05) is 26.7 Å². The highest BCUT2D eigenvalue weighted by Gasteiger charge is 2.27. The molecule has 2 aromatic rings. The van der Waals surface area contributed by atoms with Gasteiger partial charge in [-0.25, -0.2) is 4.39 Å². The summed E-state index contributed by atoms with van der Waals surface area (Å²) >= 11 is 0. The van der Waals surface area contributed by atoms with Gasteiger partial charge in [0.25, 0.3) is 0 Å². The van der Waals surface area contributed by atoms with Gasteiger partial charge in [0.05, 0.1) is 13.2 Å². The van der Waals surface area contributed by atoms with Crippen LogP contribution >= 0.6 is 0 Å². The molecule has 27 heavy (non-hydrogen) atoms. The molecule has 0 spiro atoms. The van der Waals surface area contributed by atoms with Crippen LogP contribution in [0.2, 0.25) is 0 Å². The van der Waals surface area contributed by atoms with Gasteiger partial charge in [-0.2, -0.15) is 0 Å². The van der Waals surface area contributed by atoms with E-state index in [1.165, 1.54) is 18.7 Å². The van der Waals surface area contributed by atoms with Crippen LogP contribution in [0.15, 0.2) is 42.5 Å². The maximum Gasteiger partial charge on any atom is 0.223 e. The molecule has 2 aromatic carbocycles. The minimum Gasteiger partial charge on any atom is -0.494 e. The molecule has 1 atom stereocenters. The molecule has 144 valence electrons. The zero-order valence-electron chi connectivity index (χ0n) is 16.0. The number of halogens is 1. The number of amides is 1. The lowest BCUT2D eigenvalue weighted by molar-refractivity contribution is -0.134. The van der Waals surface area contributed by atoms with Gasteiger partial charge < -0.3 is 15.0 Å². The molecule has 0 aromatic heterocycles. The highest BCUT2D eigenvalue weighted by molar-refractivity contribution is 5.77. The van der Waals surface area contributed by atoms with Gasteiger partial charge in [-0.3, -0.25) is 4.79 Å². The van der Waals surface area contributed by atoms with E-state index in [0.717, 1.165) is 30.6 Å². The van der Waals surface area contributed by atoms with Crippen molar-refractivity contribution >= 4 is 5.91 Å². The highest BCUT2D eigenvalue weighted by Crippen LogP contribution is 2.24. The number of carbonyl (C=O) groups excluding carboxylic acids is 1. The van der Waals surface area contributed by atoms with E-state index in [0.29, 0.717) is 19.4 Å². The smallest absolute Gasteiger partial charge is 0.223 e. The Hall–Kier alpha value is -2.40. The molecule has 3 rings (SSSR count). The fourth-order valence-electron chi connectivity index (χ4n) is 3.54. The van der Waals surface area contributed by atoms with Crippen molar-refractivity contribution < 1.29 is 13.9 Å². The normalized spacial score (nSPS) is 17.0. The second-order valence-electron chi connectivity index (χ2n) is 6.87. The van der Waals surface area contributed by atoms with Crippen LogP contribution < -0.4 is 10.1 Å². The molecule has 1 saturated heterocycles. The molecule has 1 N–H and O–H groups in total. The fraction of sp³-hybridized carbons (Fsp3) is 0.409. The Bertz CT molecular complexity index is 776. The molecular formula is C22H27FN2O2. The minimum absolute atomic E-state index is 0.0461. The lowest BCUT2D eigenvalue weighted by Gasteiger charge is -2.36. The number of rotatable bonds is 6. The number of hydrogen-bond donors (Lipinski definition) is 1. The summed E-state index contributed by atoms with van der Waals surface area (Å²) in [4.78, 5) is 14.8. The lowest BCUT2D eigenvalue weighted by atomic mass is 10.00. The lowest BCUT2D eigenvalue weighted by Crippen LogP contribution is -2.48. The summed E-state index contributed by atoms with van der Waals surface area (Å²) in [6.07, 6.45) is 1.89. The average Bonchev–Trinajstić information content (AvgIpc) is 2.72. The third-order valence-electron chi connectivity index (χ3n) is 5.18. The molecule has 1 heterocycles. The van der Waals surface area contributed by atoms with Gasteiger partial charge in [-0.15, -0.1) is 0 Å². The number of carbonyl (C=O) groups is 1. The fourth-order valence-corrected chi connectivity index (χ4v) is 3.54. The number of piperazine rings is 1. The van der Waals surface area contributed by atoms with Crippen molar-refractivity contribution in [1.29, 1.82) is 0 Å². The maximum absolute atomic E-state index is 13.8. The van der Waals surface area contributed by atoms with Gasteiger partial charge in [-0.1, -0.05) is 37.3 Å². The predicted molar refractivity (Wildman–Crippen MR) is 104 cm³/mol. The number of methoxy groups -OCH3 is 1. The molecule has 0 bridgehead atoms. The summed E-state index contributed by atoms with van der Waals surface area (Å²) in [7, 11) is 1.44. The van der Waals surface area contributed by atoms with Crippen LogP contribution in [0.4, 0.5) is 4.39 Å². The van der Waals surface area contributed by atoms with Crippen LogP contribution in [0.1, 0.15) is 36.1 Å². The van der Waals surface area contributed by atoms with Crippen molar-refractivity contribution in [3.05, 3.63) is 65.0 Å². The standard InChI is InChI=1S/C22H27FN2O2/c1-3-16-4-8-18(9-5-16)20-15-24-12-13-25(20)22(26)11-7-17-6-10-21(27-2)19(23)14-17/h4-6,8-10,14,20,24H,3,7,11-13,15H2,1-2H3. The van der Waals surface area contributed by atoms with E-state index in [9.17, 15) is 9.18 Å². The zero-order chi connectivity index (χ0) is 19.2. The number of ether oxygens (including phenoxy) is 1. The van der Waals surface area contributed by atoms with Crippen molar-refractivity contribution in [3.63, 3.8) is 0 Å². The van der Waals surface area contributed by atoms with Crippen LogP contribution in [0.25, 0.3) is 0 Å². The van der Waals surface area contributed by atoms with Crippen LogP contribution in [-0.2, 0) is 17.6 Å². The number of hydrogen-bond acceptors (Lipinski definition) is 3. The first-order chi connectivity index (χ1) is 13.1. The Labute approximate surface area is 160 Å². The maximum atomic E-state index is 13.8. The summed E-state index contributed by atoms with van der Waals surface area (Å²) in [5, 5.41) is 3.38. The first kappa shape index (κ1) is 19.4. The van der Waals surface area contributed by atoms with E-state index in [4.69, 9.17) is 4.74 Å². The van der Waals surface area contributed by atoms with E-state index in [1.54, 1.807) is 6.07 Å². The Morgan fingerprint density at radius 2 is 1.96 bits per heavy atom. The van der Waals surface area contributed by atoms with Gasteiger partial charge in [0.15, 0.2) is 11.6 Å². The van der Waals surface area contributed by atoms with Crippen molar-refractivity contribution in [2.45, 2.75) is 32.2 Å². The van der Waals surface area contributed by atoms with E-state index in [1.807, 2.05) is 11.0 Å². The summed E-state index contributed by atoms with van der Waals surface area (Å²) in [5.41, 5.74) is 3.26. The van der Waals surface area contributed by atoms with Gasteiger partial charge in [0.1, 0.15) is 0 Å². The molecule has 1 unspecified atom stereocenters. The summed E-state index contributed by atoms with van der Waals surface area (Å²) < 4.78 is 18.8. The Balaban J connectivity index is 1.66. The molecule has 0 aliphatic carbocycles. The topological polar surface area (TPSA) is 41.6 Å². The van der Waals surface area contributed by atoms with E-state index >= 15 is 0 Å². The van der Waals surface area contributed by atoms with Crippen LogP contribution in [-0.4, -0.2) is 37.6 Å². The summed E-state index contributed by atoms with van der Waals surface area (Å²) in [6, 6.07) is 13.4. The average molecular weight is 370 g/mol. The Morgan fingerprint density at radius 3 is 2.63 bits per heavy atom. The Kier molecular flexibility index (Phi) is 6.45. The largest absolute Gasteiger partial charge is 0.494 e. The molecular weight excluding hydrogens is 343 g/mol. The molecule has 1 fully saturated rings. The van der Waals surface area contributed by atoms with Gasteiger partial charge >= 0.3 is 0 Å². The molecule has 1 aliphatic heterocycles. The molecule has 1 amide bonds. The second kappa shape index (κ2) is 9.00. The summed E-state index contributed by atoms with van der Waals surface area (Å²) in [5.74, 6) is -0.0569. The molecule has 4 nitrogen and oxygen atoms in total. The quantitative estimate of drug-likeness (QED) is 0.846. The van der Waals surface area contributed by atoms with Crippen LogP contribution in [0.3, 0.4) is 0 Å². The number of benzene rings is 2. The number of nitrogens with zero attached hydrogens (tertiary/aromatic N) is 1. The van der Waals surface area contributed by atoms with E-state index in [2.05, 4.69) is 36.5 Å². The first-order valence-corrected chi connectivity index (χ1v) is 9.53. The van der Waals surface area contributed by atoms with Crippen LogP contribution in [0.5, 0.6) is 5.75 Å². The van der Waals surface area contributed by atoms with E-state index in [-0.39, 0.29) is 17.7 Å². The number of aryl methyl sites for hydroxylation is 2.